The molecule has 0 heterocycles. The van der Waals surface area contributed by atoms with Gasteiger partial charge in [-0.3, -0.25) is 33.6 Å². The first kappa shape index (κ1) is 49.6. The number of carbonyl (C=O) groups is 8. The van der Waals surface area contributed by atoms with E-state index in [2.05, 4.69) is 26.6 Å². The molecule has 0 bridgehead atoms. The molecule has 0 aromatic rings. The van der Waals surface area contributed by atoms with Crippen molar-refractivity contribution in [3.8, 4) is 0 Å². The molecule has 0 aliphatic rings. The molecule has 0 spiro atoms. The van der Waals surface area contributed by atoms with Crippen molar-refractivity contribution < 1.29 is 53.7 Å². The Balaban J connectivity index is 6.26. The second-order valence-corrected chi connectivity index (χ2v) is 14.4. The summed E-state index contributed by atoms with van der Waals surface area (Å²) >= 11 is 0. The molecule has 0 fully saturated rings. The first-order chi connectivity index (χ1) is 25.2. The number of hydrogen-bond donors (Lipinski definition) is 12. The SMILES string of the molecule is CC(C)C[C@H](NC(=O)[C@H](CCC(N)=O)NC(=O)[C@H](CCCCN)NC(=O)[C@@H](NC(=O)[C@@H](N)CC(C)C)C(C)C)C(=O)N[C@@H](CO)C(=O)N[C@@H](CO)C(=O)O. The molecule has 0 radical (unpaired) electrons. The number of rotatable bonds is 27. The van der Waals surface area contributed by atoms with Crippen molar-refractivity contribution in [1.82, 2.24) is 31.9 Å². The molecule has 7 atom stereocenters. The monoisotopic (exact) mass is 773 g/mol. The van der Waals surface area contributed by atoms with Crippen LogP contribution >= 0.6 is 0 Å². The summed E-state index contributed by atoms with van der Waals surface area (Å²) in [6.45, 7) is 9.03. The number of carboxylic acid groups (broad SMARTS) is 1. The summed E-state index contributed by atoms with van der Waals surface area (Å²) in [6, 6.07) is -9.32. The van der Waals surface area contributed by atoms with Gasteiger partial charge in [-0.1, -0.05) is 41.5 Å². The Kier molecular flexibility index (Phi) is 23.5. The van der Waals surface area contributed by atoms with Crippen LogP contribution in [0.3, 0.4) is 0 Å². The minimum Gasteiger partial charge on any atom is -0.480 e. The van der Waals surface area contributed by atoms with Gasteiger partial charge in [-0.05, 0) is 62.8 Å². The van der Waals surface area contributed by atoms with Gasteiger partial charge < -0.3 is 64.4 Å². The number of aliphatic carboxylic acids is 1. The van der Waals surface area contributed by atoms with Gasteiger partial charge >= 0.3 is 5.97 Å². The van der Waals surface area contributed by atoms with E-state index in [1.807, 2.05) is 19.2 Å². The van der Waals surface area contributed by atoms with Crippen LogP contribution in [0.25, 0.3) is 0 Å². The van der Waals surface area contributed by atoms with Crippen molar-refractivity contribution >= 4 is 47.3 Å². The van der Waals surface area contributed by atoms with E-state index >= 15 is 0 Å². The van der Waals surface area contributed by atoms with Crippen molar-refractivity contribution in [2.24, 2.45) is 35.0 Å². The summed E-state index contributed by atoms with van der Waals surface area (Å²) in [5.41, 5.74) is 17.0. The lowest BCUT2D eigenvalue weighted by Gasteiger charge is -2.28. The molecule has 0 saturated carbocycles. The maximum Gasteiger partial charge on any atom is 0.328 e. The molecule has 15 N–H and O–H groups in total. The summed E-state index contributed by atoms with van der Waals surface area (Å²) in [5, 5.41) is 42.6. The fourth-order valence-corrected chi connectivity index (χ4v) is 5.16. The minimum absolute atomic E-state index is 0.00310. The highest BCUT2D eigenvalue weighted by Crippen LogP contribution is 2.11. The Morgan fingerprint density at radius 1 is 0.556 bits per heavy atom. The summed E-state index contributed by atoms with van der Waals surface area (Å²) in [4.78, 5) is 102. The zero-order valence-electron chi connectivity index (χ0n) is 32.2. The highest BCUT2D eigenvalue weighted by molar-refractivity contribution is 5.97. The Hall–Kier alpha value is -4.40. The third-order valence-electron chi connectivity index (χ3n) is 8.15. The van der Waals surface area contributed by atoms with Crippen LogP contribution in [0.5, 0.6) is 0 Å². The van der Waals surface area contributed by atoms with E-state index < -0.39 is 109 Å². The van der Waals surface area contributed by atoms with Crippen LogP contribution in [0.1, 0.15) is 86.5 Å². The number of carbonyl (C=O) groups excluding carboxylic acids is 7. The van der Waals surface area contributed by atoms with Crippen LogP contribution in [0.2, 0.25) is 0 Å². The van der Waals surface area contributed by atoms with Crippen LogP contribution in [-0.2, 0) is 38.4 Å². The van der Waals surface area contributed by atoms with Crippen LogP contribution in [-0.4, -0.2) is 125 Å². The van der Waals surface area contributed by atoms with Crippen LogP contribution in [0.15, 0.2) is 0 Å². The molecular weight excluding hydrogens is 710 g/mol. The maximum absolute atomic E-state index is 13.7. The van der Waals surface area contributed by atoms with Crippen LogP contribution < -0.4 is 49.1 Å². The molecule has 20 heteroatoms. The average molecular weight is 774 g/mol. The van der Waals surface area contributed by atoms with Crippen molar-refractivity contribution in [1.29, 1.82) is 0 Å². The Morgan fingerprint density at radius 3 is 1.46 bits per heavy atom. The third kappa shape index (κ3) is 19.1. The number of nitrogens with two attached hydrogens (primary N) is 3. The topological polar surface area (TPSA) is 347 Å². The molecule has 54 heavy (non-hydrogen) atoms. The first-order valence-corrected chi connectivity index (χ1v) is 18.2. The van der Waals surface area contributed by atoms with Gasteiger partial charge in [0.05, 0.1) is 19.3 Å². The summed E-state index contributed by atoms with van der Waals surface area (Å²) in [6.07, 6.45) is 0.707. The van der Waals surface area contributed by atoms with E-state index in [1.165, 1.54) is 0 Å². The maximum atomic E-state index is 13.7. The molecule has 0 aliphatic carbocycles. The van der Waals surface area contributed by atoms with Gasteiger partial charge in [0, 0.05) is 6.42 Å². The number of primary amides is 1. The van der Waals surface area contributed by atoms with E-state index in [-0.39, 0.29) is 37.5 Å². The minimum atomic E-state index is -1.71. The van der Waals surface area contributed by atoms with Gasteiger partial charge in [0.15, 0.2) is 0 Å². The highest BCUT2D eigenvalue weighted by Gasteiger charge is 2.34. The largest absolute Gasteiger partial charge is 0.480 e. The van der Waals surface area contributed by atoms with Crippen LogP contribution in [0, 0.1) is 17.8 Å². The van der Waals surface area contributed by atoms with E-state index in [9.17, 15) is 48.6 Å². The number of aliphatic hydroxyl groups excluding tert-OH is 2. The third-order valence-corrected chi connectivity index (χ3v) is 8.15. The number of nitrogens with one attached hydrogen (secondary N) is 6. The molecule has 0 saturated heterocycles. The van der Waals surface area contributed by atoms with Gasteiger partial charge in [0.25, 0.3) is 0 Å². The number of aliphatic hydroxyl groups is 2. The first-order valence-electron chi connectivity index (χ1n) is 18.2. The van der Waals surface area contributed by atoms with E-state index in [4.69, 9.17) is 22.3 Å². The quantitative estimate of drug-likeness (QED) is 0.0360. The van der Waals surface area contributed by atoms with Crippen molar-refractivity contribution in [2.75, 3.05) is 19.8 Å². The standard InChI is InChI=1S/C34H63N9O11/c1-17(2)13-20(36)28(47)43-27(19(5)6)33(52)39-21(9-7-8-12-35)29(48)38-22(10-11-26(37)46)30(49)40-23(14-18(3)4)31(50)41-24(15-44)32(51)42-25(16-45)34(53)54/h17-25,27,44-45H,7-16,35-36H2,1-6H3,(H2,37,46)(H,38,48)(H,39,52)(H,40,49)(H,41,50)(H,42,51)(H,43,47)(H,53,54)/t20-,21-,22-,23-,24-,25-,27-/m0/s1. The van der Waals surface area contributed by atoms with Crippen molar-refractivity contribution in [3.63, 3.8) is 0 Å². The molecule has 0 unspecified atom stereocenters. The Bertz CT molecular complexity index is 1270. The zero-order valence-corrected chi connectivity index (χ0v) is 32.2. The fraction of sp³-hybridized carbons (Fsp3) is 0.765. The lowest BCUT2D eigenvalue weighted by molar-refractivity contribution is -0.143. The Labute approximate surface area is 316 Å². The number of unbranched alkanes of at least 4 members (excludes halogenated alkanes) is 1. The van der Waals surface area contributed by atoms with Gasteiger partial charge in [-0.2, -0.15) is 0 Å². The van der Waals surface area contributed by atoms with E-state index in [0.29, 0.717) is 25.8 Å². The fourth-order valence-electron chi connectivity index (χ4n) is 5.16. The predicted octanol–water partition coefficient (Wildman–Crippen LogP) is -3.57. The van der Waals surface area contributed by atoms with E-state index in [1.54, 1.807) is 27.7 Å². The Morgan fingerprint density at radius 2 is 1.00 bits per heavy atom. The number of carboxylic acids is 1. The lowest BCUT2D eigenvalue weighted by atomic mass is 9.99. The average Bonchev–Trinajstić information content (AvgIpc) is 3.07. The predicted molar refractivity (Wildman–Crippen MR) is 196 cm³/mol. The molecule has 310 valence electrons. The second kappa shape index (κ2) is 25.6. The molecule has 0 rings (SSSR count). The van der Waals surface area contributed by atoms with Gasteiger partial charge in [0.2, 0.25) is 41.4 Å². The van der Waals surface area contributed by atoms with Gasteiger partial charge in [-0.25, -0.2) is 4.79 Å². The highest BCUT2D eigenvalue weighted by atomic mass is 16.4. The summed E-state index contributed by atoms with van der Waals surface area (Å²) in [7, 11) is 0. The molecule has 7 amide bonds. The molecule has 0 aromatic carbocycles. The summed E-state index contributed by atoms with van der Waals surface area (Å²) in [5.74, 6) is -7.85. The van der Waals surface area contributed by atoms with Crippen LogP contribution in [0.4, 0.5) is 0 Å². The van der Waals surface area contributed by atoms with E-state index in [0.717, 1.165) is 0 Å². The van der Waals surface area contributed by atoms with Gasteiger partial charge in [0.1, 0.15) is 36.3 Å². The molecule has 0 aliphatic heterocycles. The normalized spacial score (nSPS) is 15.2. The number of hydrogen-bond acceptors (Lipinski definition) is 12. The molecular formula is C34H63N9O11. The zero-order chi connectivity index (χ0) is 41.7. The second-order valence-electron chi connectivity index (χ2n) is 14.4. The summed E-state index contributed by atoms with van der Waals surface area (Å²) < 4.78 is 0. The lowest BCUT2D eigenvalue weighted by Crippen LogP contribution is -2.60. The van der Waals surface area contributed by atoms with Crippen molar-refractivity contribution in [3.05, 3.63) is 0 Å². The smallest absolute Gasteiger partial charge is 0.328 e. The molecule has 20 nitrogen and oxygen atoms in total. The number of amides is 7. The van der Waals surface area contributed by atoms with Gasteiger partial charge in [-0.15, -0.1) is 0 Å². The molecule has 0 aromatic heterocycles. The van der Waals surface area contributed by atoms with Crippen molar-refractivity contribution in [2.45, 2.75) is 129 Å².